The van der Waals surface area contributed by atoms with Crippen molar-refractivity contribution in [3.05, 3.63) is 12.4 Å². The van der Waals surface area contributed by atoms with Crippen LogP contribution >= 0.6 is 11.8 Å². The van der Waals surface area contributed by atoms with Crippen molar-refractivity contribution < 1.29 is 9.53 Å². The van der Waals surface area contributed by atoms with Crippen LogP contribution in [0.25, 0.3) is 0 Å². The van der Waals surface area contributed by atoms with E-state index in [9.17, 15) is 4.79 Å². The van der Waals surface area contributed by atoms with Gasteiger partial charge in [0.25, 0.3) is 0 Å². The standard InChI is InChI=1S/C14H21N3O2S/c1-16-6-5-15-13(16)20-9-7-17-10-14(3-2-12(17)18)4-8-19-11-14/h5-6H,2-4,7-11H2,1H3/t14-/m0/s1. The summed E-state index contributed by atoms with van der Waals surface area (Å²) in [6, 6.07) is 0. The molecular weight excluding hydrogens is 274 g/mol. The predicted octanol–water partition coefficient (Wildman–Crippen LogP) is 1.54. The van der Waals surface area contributed by atoms with Gasteiger partial charge in [-0.05, 0) is 12.8 Å². The third kappa shape index (κ3) is 2.86. The summed E-state index contributed by atoms with van der Waals surface area (Å²) in [5, 5.41) is 1.01. The average molecular weight is 295 g/mol. The van der Waals surface area contributed by atoms with Crippen LogP contribution in [0, 0.1) is 5.41 Å². The van der Waals surface area contributed by atoms with Gasteiger partial charge in [0.2, 0.25) is 5.91 Å². The molecule has 110 valence electrons. The van der Waals surface area contributed by atoms with Gasteiger partial charge in [0.1, 0.15) is 0 Å². The van der Waals surface area contributed by atoms with Crippen molar-refractivity contribution in [2.45, 2.75) is 24.4 Å². The van der Waals surface area contributed by atoms with E-state index in [-0.39, 0.29) is 5.41 Å². The predicted molar refractivity (Wildman–Crippen MR) is 77.6 cm³/mol. The number of aryl methyl sites for hydroxylation is 1. The van der Waals surface area contributed by atoms with Crippen molar-refractivity contribution in [2.75, 3.05) is 32.1 Å². The zero-order valence-electron chi connectivity index (χ0n) is 11.9. The van der Waals surface area contributed by atoms with E-state index in [0.29, 0.717) is 12.3 Å². The van der Waals surface area contributed by atoms with Crippen molar-refractivity contribution in [1.82, 2.24) is 14.5 Å². The molecule has 2 aliphatic rings. The maximum absolute atomic E-state index is 12.0. The van der Waals surface area contributed by atoms with Gasteiger partial charge in [-0.25, -0.2) is 4.98 Å². The SMILES string of the molecule is Cn1ccnc1SCCN1C[C@@]2(CCOC2)CCC1=O. The Kier molecular flexibility index (Phi) is 4.03. The molecule has 20 heavy (non-hydrogen) atoms. The van der Waals surface area contributed by atoms with Crippen molar-refractivity contribution in [2.24, 2.45) is 12.5 Å². The van der Waals surface area contributed by atoms with Gasteiger partial charge < -0.3 is 14.2 Å². The topological polar surface area (TPSA) is 47.4 Å². The highest BCUT2D eigenvalue weighted by Gasteiger charge is 2.41. The van der Waals surface area contributed by atoms with E-state index in [2.05, 4.69) is 4.98 Å². The van der Waals surface area contributed by atoms with Gasteiger partial charge in [-0.2, -0.15) is 0 Å². The number of nitrogens with zero attached hydrogens (tertiary/aromatic N) is 3. The maximum atomic E-state index is 12.0. The number of aromatic nitrogens is 2. The molecule has 0 radical (unpaired) electrons. The monoisotopic (exact) mass is 295 g/mol. The lowest BCUT2D eigenvalue weighted by atomic mass is 9.79. The first-order chi connectivity index (χ1) is 9.69. The molecule has 1 atom stereocenters. The molecule has 0 unspecified atom stereocenters. The maximum Gasteiger partial charge on any atom is 0.222 e. The molecule has 2 fully saturated rings. The molecule has 6 heteroatoms. The van der Waals surface area contributed by atoms with E-state index in [1.807, 2.05) is 22.7 Å². The molecule has 0 bridgehead atoms. The van der Waals surface area contributed by atoms with Crippen LogP contribution in [0.2, 0.25) is 0 Å². The Hall–Kier alpha value is -1.01. The fraction of sp³-hybridized carbons (Fsp3) is 0.714. The Bertz CT molecular complexity index is 483. The lowest BCUT2D eigenvalue weighted by Crippen LogP contribution is -2.47. The van der Waals surface area contributed by atoms with Crippen LogP contribution in [0.1, 0.15) is 19.3 Å². The minimum Gasteiger partial charge on any atom is -0.381 e. The molecule has 5 nitrogen and oxygen atoms in total. The number of rotatable bonds is 4. The molecule has 1 aromatic heterocycles. The number of hydrogen-bond acceptors (Lipinski definition) is 4. The highest BCUT2D eigenvalue weighted by molar-refractivity contribution is 7.99. The van der Waals surface area contributed by atoms with Gasteiger partial charge >= 0.3 is 0 Å². The quantitative estimate of drug-likeness (QED) is 0.791. The summed E-state index contributed by atoms with van der Waals surface area (Å²) in [5.41, 5.74) is 0.238. The Morgan fingerprint density at radius 2 is 2.40 bits per heavy atom. The van der Waals surface area contributed by atoms with Gasteiger partial charge in [0, 0.05) is 56.7 Å². The third-order valence-electron chi connectivity index (χ3n) is 4.30. The Labute approximate surface area is 123 Å². The Morgan fingerprint density at radius 1 is 1.50 bits per heavy atom. The molecular formula is C14H21N3O2S. The molecule has 0 aliphatic carbocycles. The molecule has 3 heterocycles. The summed E-state index contributed by atoms with van der Waals surface area (Å²) < 4.78 is 7.55. The first-order valence-corrected chi connectivity index (χ1v) is 8.13. The fourth-order valence-electron chi connectivity index (χ4n) is 3.02. The largest absolute Gasteiger partial charge is 0.381 e. The molecule has 1 amide bonds. The number of piperidine rings is 1. The molecule has 1 spiro atoms. The van der Waals surface area contributed by atoms with Gasteiger partial charge in [-0.15, -0.1) is 0 Å². The van der Waals surface area contributed by atoms with Crippen LogP contribution in [0.4, 0.5) is 0 Å². The molecule has 0 N–H and O–H groups in total. The number of amides is 1. The minimum absolute atomic E-state index is 0.238. The van der Waals surface area contributed by atoms with Gasteiger partial charge in [0.05, 0.1) is 6.61 Å². The lowest BCUT2D eigenvalue weighted by Gasteiger charge is -2.39. The van der Waals surface area contributed by atoms with Crippen LogP contribution in [0.5, 0.6) is 0 Å². The number of carbonyl (C=O) groups excluding carboxylic acids is 1. The Balaban J connectivity index is 1.53. The second kappa shape index (κ2) is 5.77. The van der Waals surface area contributed by atoms with Crippen LogP contribution < -0.4 is 0 Å². The highest BCUT2D eigenvalue weighted by atomic mass is 32.2. The summed E-state index contributed by atoms with van der Waals surface area (Å²) >= 11 is 1.71. The summed E-state index contributed by atoms with van der Waals surface area (Å²) in [6.45, 7) is 3.35. The summed E-state index contributed by atoms with van der Waals surface area (Å²) in [7, 11) is 1.99. The van der Waals surface area contributed by atoms with E-state index >= 15 is 0 Å². The summed E-state index contributed by atoms with van der Waals surface area (Å²) in [6.07, 6.45) is 6.52. The second-order valence-electron chi connectivity index (χ2n) is 5.79. The van der Waals surface area contributed by atoms with Crippen LogP contribution in [-0.2, 0) is 16.6 Å². The molecule has 0 saturated carbocycles. The van der Waals surface area contributed by atoms with E-state index in [4.69, 9.17) is 4.74 Å². The zero-order valence-corrected chi connectivity index (χ0v) is 12.7. The Morgan fingerprint density at radius 3 is 3.10 bits per heavy atom. The van der Waals surface area contributed by atoms with E-state index in [1.54, 1.807) is 18.0 Å². The van der Waals surface area contributed by atoms with E-state index in [0.717, 1.165) is 50.1 Å². The van der Waals surface area contributed by atoms with Crippen LogP contribution in [-0.4, -0.2) is 52.4 Å². The first-order valence-electron chi connectivity index (χ1n) is 7.14. The number of carbonyl (C=O) groups is 1. The lowest BCUT2D eigenvalue weighted by molar-refractivity contribution is -0.137. The van der Waals surface area contributed by atoms with Gasteiger partial charge in [-0.3, -0.25) is 4.79 Å². The number of thioether (sulfide) groups is 1. The number of ether oxygens (including phenoxy) is 1. The number of likely N-dealkylation sites (tertiary alicyclic amines) is 1. The van der Waals surface area contributed by atoms with Gasteiger partial charge in [-0.1, -0.05) is 11.8 Å². The summed E-state index contributed by atoms with van der Waals surface area (Å²) in [4.78, 5) is 18.4. The second-order valence-corrected chi connectivity index (χ2v) is 6.85. The molecule has 3 rings (SSSR count). The third-order valence-corrected chi connectivity index (χ3v) is 5.34. The molecule has 0 aromatic carbocycles. The van der Waals surface area contributed by atoms with Crippen molar-refractivity contribution >= 4 is 17.7 Å². The molecule has 2 saturated heterocycles. The fourth-order valence-corrected chi connectivity index (χ4v) is 3.91. The van der Waals surface area contributed by atoms with Crippen LogP contribution in [0.3, 0.4) is 0 Å². The minimum atomic E-state index is 0.238. The molecule has 2 aliphatic heterocycles. The zero-order chi connectivity index (χ0) is 14.0. The highest BCUT2D eigenvalue weighted by Crippen LogP contribution is 2.38. The first kappa shape index (κ1) is 13.9. The van der Waals surface area contributed by atoms with Gasteiger partial charge in [0.15, 0.2) is 5.16 Å². The van der Waals surface area contributed by atoms with Crippen LogP contribution in [0.15, 0.2) is 17.6 Å². The van der Waals surface area contributed by atoms with Crippen molar-refractivity contribution in [1.29, 1.82) is 0 Å². The van der Waals surface area contributed by atoms with Crippen molar-refractivity contribution in [3.63, 3.8) is 0 Å². The number of hydrogen-bond donors (Lipinski definition) is 0. The number of imidazole rings is 1. The normalized spacial score (nSPS) is 26.6. The average Bonchev–Trinajstić information content (AvgIpc) is 3.05. The van der Waals surface area contributed by atoms with E-state index < -0.39 is 0 Å². The van der Waals surface area contributed by atoms with E-state index in [1.165, 1.54) is 0 Å². The molecule has 1 aromatic rings. The smallest absolute Gasteiger partial charge is 0.222 e. The van der Waals surface area contributed by atoms with Crippen molar-refractivity contribution in [3.8, 4) is 0 Å². The summed E-state index contributed by atoms with van der Waals surface area (Å²) in [5.74, 6) is 1.19.